The molecule has 1 aliphatic rings. The van der Waals surface area contributed by atoms with Crippen molar-refractivity contribution in [2.45, 2.75) is 38.8 Å². The standard InChI is InChI=1S/C15H23NO2/c1-11(13-6-8-18-9-7-13)16-12(2)14-4-3-5-15(17)10-14/h3-5,10-13,16-17H,6-9H2,1-2H3. The van der Waals surface area contributed by atoms with Gasteiger partial charge in [0.05, 0.1) is 0 Å². The lowest BCUT2D eigenvalue weighted by molar-refractivity contribution is 0.0547. The van der Waals surface area contributed by atoms with E-state index < -0.39 is 0 Å². The van der Waals surface area contributed by atoms with Crippen LogP contribution in [0.2, 0.25) is 0 Å². The molecule has 0 saturated carbocycles. The zero-order chi connectivity index (χ0) is 13.0. The summed E-state index contributed by atoms with van der Waals surface area (Å²) < 4.78 is 5.39. The smallest absolute Gasteiger partial charge is 0.115 e. The first-order chi connectivity index (χ1) is 8.66. The van der Waals surface area contributed by atoms with E-state index in [0.717, 1.165) is 31.6 Å². The zero-order valence-electron chi connectivity index (χ0n) is 11.2. The van der Waals surface area contributed by atoms with Crippen LogP contribution < -0.4 is 5.32 Å². The monoisotopic (exact) mass is 249 g/mol. The molecular weight excluding hydrogens is 226 g/mol. The molecule has 18 heavy (non-hydrogen) atoms. The second kappa shape index (κ2) is 6.21. The van der Waals surface area contributed by atoms with Gasteiger partial charge in [0.2, 0.25) is 0 Å². The summed E-state index contributed by atoms with van der Waals surface area (Å²) in [6, 6.07) is 8.21. The van der Waals surface area contributed by atoms with Gasteiger partial charge in [-0.25, -0.2) is 0 Å². The number of phenolic OH excluding ortho intramolecular Hbond substituents is 1. The van der Waals surface area contributed by atoms with Crippen molar-refractivity contribution in [3.8, 4) is 5.75 Å². The average Bonchev–Trinajstić information content (AvgIpc) is 2.39. The van der Waals surface area contributed by atoms with Crippen LogP contribution in [-0.2, 0) is 4.74 Å². The first-order valence-corrected chi connectivity index (χ1v) is 6.79. The van der Waals surface area contributed by atoms with Gasteiger partial charge < -0.3 is 15.2 Å². The summed E-state index contributed by atoms with van der Waals surface area (Å²) in [5.74, 6) is 1.03. The molecule has 1 saturated heterocycles. The van der Waals surface area contributed by atoms with Crippen molar-refractivity contribution in [2.75, 3.05) is 13.2 Å². The van der Waals surface area contributed by atoms with Crippen LogP contribution in [0, 0.1) is 5.92 Å². The number of aromatic hydroxyl groups is 1. The van der Waals surface area contributed by atoms with Crippen molar-refractivity contribution in [2.24, 2.45) is 5.92 Å². The molecule has 0 bridgehead atoms. The van der Waals surface area contributed by atoms with Crippen molar-refractivity contribution in [3.05, 3.63) is 29.8 Å². The van der Waals surface area contributed by atoms with Gasteiger partial charge >= 0.3 is 0 Å². The molecule has 1 aromatic rings. The molecule has 0 aliphatic carbocycles. The highest BCUT2D eigenvalue weighted by molar-refractivity contribution is 5.29. The molecule has 2 rings (SSSR count). The Labute approximate surface area is 109 Å². The SMILES string of the molecule is CC(NC(C)C1CCOCC1)c1cccc(O)c1. The molecular formula is C15H23NO2. The van der Waals surface area contributed by atoms with Crippen LogP contribution in [0.4, 0.5) is 0 Å². The van der Waals surface area contributed by atoms with E-state index in [1.165, 1.54) is 0 Å². The van der Waals surface area contributed by atoms with Crippen LogP contribution in [0.5, 0.6) is 5.75 Å². The second-order valence-electron chi connectivity index (χ2n) is 5.22. The number of ether oxygens (including phenoxy) is 1. The van der Waals surface area contributed by atoms with Gasteiger partial charge in [-0.15, -0.1) is 0 Å². The minimum atomic E-state index is 0.259. The van der Waals surface area contributed by atoms with E-state index in [-0.39, 0.29) is 6.04 Å². The van der Waals surface area contributed by atoms with E-state index in [4.69, 9.17) is 4.74 Å². The van der Waals surface area contributed by atoms with Gasteiger partial charge in [0, 0.05) is 25.3 Å². The minimum absolute atomic E-state index is 0.259. The second-order valence-corrected chi connectivity index (χ2v) is 5.22. The van der Waals surface area contributed by atoms with Crippen LogP contribution >= 0.6 is 0 Å². The summed E-state index contributed by atoms with van der Waals surface area (Å²) in [5, 5.41) is 13.1. The fraction of sp³-hybridized carbons (Fsp3) is 0.600. The lowest BCUT2D eigenvalue weighted by Crippen LogP contribution is -2.38. The third-order valence-corrected chi connectivity index (χ3v) is 3.86. The Morgan fingerprint density at radius 1 is 1.28 bits per heavy atom. The van der Waals surface area contributed by atoms with Crippen LogP contribution in [0.15, 0.2) is 24.3 Å². The fourth-order valence-electron chi connectivity index (χ4n) is 2.64. The molecule has 100 valence electrons. The summed E-state index contributed by atoms with van der Waals surface area (Å²) >= 11 is 0. The minimum Gasteiger partial charge on any atom is -0.508 e. The molecule has 0 radical (unpaired) electrons. The maximum Gasteiger partial charge on any atom is 0.115 e. The molecule has 0 spiro atoms. The number of hydrogen-bond donors (Lipinski definition) is 2. The van der Waals surface area contributed by atoms with Crippen LogP contribution in [0.25, 0.3) is 0 Å². The van der Waals surface area contributed by atoms with Crippen molar-refractivity contribution < 1.29 is 9.84 Å². The summed E-state index contributed by atoms with van der Waals surface area (Å²) in [4.78, 5) is 0. The Bertz CT molecular complexity index is 375. The molecule has 1 heterocycles. The number of rotatable bonds is 4. The predicted molar refractivity (Wildman–Crippen MR) is 72.7 cm³/mol. The van der Waals surface area contributed by atoms with Gasteiger partial charge in [0.25, 0.3) is 0 Å². The summed E-state index contributed by atoms with van der Waals surface area (Å²) in [5.41, 5.74) is 1.13. The highest BCUT2D eigenvalue weighted by Crippen LogP contribution is 2.23. The zero-order valence-corrected chi connectivity index (χ0v) is 11.2. The molecule has 0 amide bonds. The molecule has 3 heteroatoms. The molecule has 1 fully saturated rings. The molecule has 0 aromatic heterocycles. The molecule has 1 aromatic carbocycles. The third-order valence-electron chi connectivity index (χ3n) is 3.86. The van der Waals surface area contributed by atoms with Crippen molar-refractivity contribution >= 4 is 0 Å². The molecule has 2 unspecified atom stereocenters. The van der Waals surface area contributed by atoms with Gasteiger partial charge in [-0.05, 0) is 50.3 Å². The lowest BCUT2D eigenvalue weighted by atomic mass is 9.92. The predicted octanol–water partition coefficient (Wildman–Crippen LogP) is 2.86. The first-order valence-electron chi connectivity index (χ1n) is 6.79. The van der Waals surface area contributed by atoms with Crippen molar-refractivity contribution in [1.82, 2.24) is 5.32 Å². The fourth-order valence-corrected chi connectivity index (χ4v) is 2.64. The Kier molecular flexibility index (Phi) is 4.61. The van der Waals surface area contributed by atoms with E-state index in [1.54, 1.807) is 6.07 Å². The van der Waals surface area contributed by atoms with Crippen LogP contribution in [-0.4, -0.2) is 24.4 Å². The number of benzene rings is 1. The van der Waals surface area contributed by atoms with Gasteiger partial charge in [-0.3, -0.25) is 0 Å². The van der Waals surface area contributed by atoms with Gasteiger partial charge in [-0.2, -0.15) is 0 Å². The van der Waals surface area contributed by atoms with Gasteiger partial charge in [0.15, 0.2) is 0 Å². The molecule has 3 nitrogen and oxygen atoms in total. The van der Waals surface area contributed by atoms with Crippen LogP contribution in [0.1, 0.15) is 38.3 Å². The molecule has 2 atom stereocenters. The van der Waals surface area contributed by atoms with Crippen LogP contribution in [0.3, 0.4) is 0 Å². The highest BCUT2D eigenvalue weighted by atomic mass is 16.5. The Balaban J connectivity index is 1.91. The van der Waals surface area contributed by atoms with Gasteiger partial charge in [0.1, 0.15) is 5.75 Å². The van der Waals surface area contributed by atoms with E-state index >= 15 is 0 Å². The van der Waals surface area contributed by atoms with Crippen molar-refractivity contribution in [3.63, 3.8) is 0 Å². The normalized spacial score (nSPS) is 20.6. The largest absolute Gasteiger partial charge is 0.508 e. The first kappa shape index (κ1) is 13.4. The van der Waals surface area contributed by atoms with E-state index in [0.29, 0.717) is 17.7 Å². The quantitative estimate of drug-likeness (QED) is 0.862. The maximum atomic E-state index is 9.50. The summed E-state index contributed by atoms with van der Waals surface area (Å²) in [7, 11) is 0. The van der Waals surface area contributed by atoms with E-state index in [1.807, 2.05) is 18.2 Å². The highest BCUT2D eigenvalue weighted by Gasteiger charge is 2.21. The van der Waals surface area contributed by atoms with Gasteiger partial charge in [-0.1, -0.05) is 12.1 Å². The molecule has 1 aliphatic heterocycles. The topological polar surface area (TPSA) is 41.5 Å². The Hall–Kier alpha value is -1.06. The Morgan fingerprint density at radius 2 is 2.00 bits per heavy atom. The van der Waals surface area contributed by atoms with Crippen molar-refractivity contribution in [1.29, 1.82) is 0 Å². The third kappa shape index (κ3) is 3.47. The number of nitrogens with one attached hydrogen (secondary N) is 1. The average molecular weight is 249 g/mol. The van der Waals surface area contributed by atoms with E-state index in [9.17, 15) is 5.11 Å². The lowest BCUT2D eigenvalue weighted by Gasteiger charge is -2.30. The number of phenols is 1. The molecule has 2 N–H and O–H groups in total. The maximum absolute atomic E-state index is 9.50. The Morgan fingerprint density at radius 3 is 2.67 bits per heavy atom. The summed E-state index contributed by atoms with van der Waals surface area (Å²) in [6.45, 7) is 6.16. The van der Waals surface area contributed by atoms with E-state index in [2.05, 4.69) is 19.2 Å². The summed E-state index contributed by atoms with van der Waals surface area (Å²) in [6.07, 6.45) is 2.28. The number of hydrogen-bond acceptors (Lipinski definition) is 3.